The van der Waals surface area contributed by atoms with Crippen molar-refractivity contribution in [3.63, 3.8) is 0 Å². The summed E-state index contributed by atoms with van der Waals surface area (Å²) in [5.74, 6) is 0. The molecule has 0 aliphatic rings. The van der Waals surface area contributed by atoms with Crippen molar-refractivity contribution >= 4 is 22.5 Å². The molecule has 1 heterocycles. The Labute approximate surface area is 101 Å². The Bertz CT molecular complexity index is 558. The Kier molecular flexibility index (Phi) is 2.90. The van der Waals surface area contributed by atoms with Gasteiger partial charge in [-0.15, -0.1) is 0 Å². The molecule has 0 saturated carbocycles. The molecule has 0 bridgehead atoms. The molecular formula is C14H16ClN. The second-order valence-corrected chi connectivity index (χ2v) is 4.63. The summed E-state index contributed by atoms with van der Waals surface area (Å²) >= 11 is 6.39. The van der Waals surface area contributed by atoms with Crippen LogP contribution in [0.15, 0.2) is 12.1 Å². The van der Waals surface area contributed by atoms with E-state index in [0.717, 1.165) is 33.6 Å². The lowest BCUT2D eigenvalue weighted by atomic mass is 10.0. The molecule has 0 N–H and O–H groups in total. The van der Waals surface area contributed by atoms with Gasteiger partial charge in [-0.05, 0) is 43.9 Å². The standard InChI is InChI=1S/C14H16ClN/c1-5-12-10(4)13(15)11-7-6-8(2)9(3)14(11)16-12/h6-7H,5H2,1-4H3. The van der Waals surface area contributed by atoms with Gasteiger partial charge in [-0.3, -0.25) is 4.98 Å². The van der Waals surface area contributed by atoms with E-state index in [0.29, 0.717) is 0 Å². The average Bonchev–Trinajstić information content (AvgIpc) is 2.28. The largest absolute Gasteiger partial charge is 0.252 e. The Morgan fingerprint density at radius 1 is 1.12 bits per heavy atom. The van der Waals surface area contributed by atoms with Crippen LogP contribution in [0.3, 0.4) is 0 Å². The molecule has 16 heavy (non-hydrogen) atoms. The third kappa shape index (κ3) is 1.60. The van der Waals surface area contributed by atoms with Crippen LogP contribution in [-0.2, 0) is 6.42 Å². The molecule has 0 atom stereocenters. The first kappa shape index (κ1) is 11.4. The van der Waals surface area contributed by atoms with Gasteiger partial charge in [0.1, 0.15) is 0 Å². The van der Waals surface area contributed by atoms with Crippen LogP contribution in [-0.4, -0.2) is 4.98 Å². The molecule has 2 aromatic rings. The number of hydrogen-bond acceptors (Lipinski definition) is 1. The molecule has 0 amide bonds. The quantitative estimate of drug-likeness (QED) is 0.713. The van der Waals surface area contributed by atoms with Crippen LogP contribution in [0.25, 0.3) is 10.9 Å². The van der Waals surface area contributed by atoms with Crippen molar-refractivity contribution in [1.82, 2.24) is 4.98 Å². The van der Waals surface area contributed by atoms with Crippen molar-refractivity contribution in [3.05, 3.63) is 39.5 Å². The minimum absolute atomic E-state index is 0.852. The second-order valence-electron chi connectivity index (χ2n) is 4.25. The van der Waals surface area contributed by atoms with Crippen molar-refractivity contribution in [3.8, 4) is 0 Å². The summed E-state index contributed by atoms with van der Waals surface area (Å²) < 4.78 is 0. The summed E-state index contributed by atoms with van der Waals surface area (Å²) in [7, 11) is 0. The van der Waals surface area contributed by atoms with Gasteiger partial charge in [0.15, 0.2) is 0 Å². The highest BCUT2D eigenvalue weighted by atomic mass is 35.5. The van der Waals surface area contributed by atoms with Crippen molar-refractivity contribution < 1.29 is 0 Å². The first-order chi connectivity index (χ1) is 7.56. The molecule has 0 spiro atoms. The van der Waals surface area contributed by atoms with Crippen LogP contribution in [0.5, 0.6) is 0 Å². The summed E-state index contributed by atoms with van der Waals surface area (Å²) in [6.07, 6.45) is 0.925. The fourth-order valence-electron chi connectivity index (χ4n) is 2.01. The van der Waals surface area contributed by atoms with Crippen LogP contribution in [0.4, 0.5) is 0 Å². The van der Waals surface area contributed by atoms with Gasteiger partial charge in [0.2, 0.25) is 0 Å². The monoisotopic (exact) mass is 233 g/mol. The fourth-order valence-corrected chi connectivity index (χ4v) is 2.28. The van der Waals surface area contributed by atoms with E-state index in [1.54, 1.807) is 0 Å². The van der Waals surface area contributed by atoms with E-state index in [1.165, 1.54) is 11.1 Å². The summed E-state index contributed by atoms with van der Waals surface area (Å²) in [5.41, 5.74) is 5.76. The Morgan fingerprint density at radius 2 is 1.81 bits per heavy atom. The smallest absolute Gasteiger partial charge is 0.0752 e. The number of benzene rings is 1. The van der Waals surface area contributed by atoms with E-state index in [4.69, 9.17) is 16.6 Å². The Balaban J connectivity index is 2.93. The number of pyridine rings is 1. The van der Waals surface area contributed by atoms with Crippen LogP contribution < -0.4 is 0 Å². The van der Waals surface area contributed by atoms with E-state index in [-0.39, 0.29) is 0 Å². The van der Waals surface area contributed by atoms with E-state index >= 15 is 0 Å². The maximum Gasteiger partial charge on any atom is 0.0752 e. The lowest BCUT2D eigenvalue weighted by molar-refractivity contribution is 1.03. The van der Waals surface area contributed by atoms with Gasteiger partial charge in [-0.1, -0.05) is 30.7 Å². The molecule has 1 aromatic carbocycles. The Morgan fingerprint density at radius 3 is 2.44 bits per heavy atom. The molecule has 2 heteroatoms. The highest BCUT2D eigenvalue weighted by Crippen LogP contribution is 2.30. The maximum atomic E-state index is 6.39. The minimum Gasteiger partial charge on any atom is -0.252 e. The van der Waals surface area contributed by atoms with Gasteiger partial charge >= 0.3 is 0 Å². The summed E-state index contributed by atoms with van der Waals surface area (Å²) in [5, 5.41) is 1.92. The molecule has 0 fully saturated rings. The summed E-state index contributed by atoms with van der Waals surface area (Å²) in [6.45, 7) is 8.37. The number of aryl methyl sites for hydroxylation is 3. The number of rotatable bonds is 1. The molecule has 0 radical (unpaired) electrons. The zero-order valence-electron chi connectivity index (χ0n) is 10.2. The predicted octanol–water partition coefficient (Wildman–Crippen LogP) is 4.38. The van der Waals surface area contributed by atoms with Gasteiger partial charge in [0.25, 0.3) is 0 Å². The number of aromatic nitrogens is 1. The number of hydrogen-bond donors (Lipinski definition) is 0. The van der Waals surface area contributed by atoms with Crippen molar-refractivity contribution in [2.75, 3.05) is 0 Å². The van der Waals surface area contributed by atoms with Gasteiger partial charge in [-0.2, -0.15) is 0 Å². The van der Waals surface area contributed by atoms with Gasteiger partial charge < -0.3 is 0 Å². The van der Waals surface area contributed by atoms with E-state index < -0.39 is 0 Å². The van der Waals surface area contributed by atoms with Crippen LogP contribution in [0.2, 0.25) is 5.02 Å². The van der Waals surface area contributed by atoms with Gasteiger partial charge in [0.05, 0.1) is 10.5 Å². The van der Waals surface area contributed by atoms with Crippen LogP contribution in [0.1, 0.15) is 29.3 Å². The molecule has 1 aromatic heterocycles. The highest BCUT2D eigenvalue weighted by Gasteiger charge is 2.11. The normalized spacial score (nSPS) is 11.1. The van der Waals surface area contributed by atoms with Crippen molar-refractivity contribution in [2.24, 2.45) is 0 Å². The van der Waals surface area contributed by atoms with Gasteiger partial charge in [-0.25, -0.2) is 0 Å². The lowest BCUT2D eigenvalue weighted by Crippen LogP contribution is -1.97. The molecular weight excluding hydrogens is 218 g/mol. The summed E-state index contributed by atoms with van der Waals surface area (Å²) in [4.78, 5) is 4.73. The number of fused-ring (bicyclic) bond motifs is 1. The zero-order valence-corrected chi connectivity index (χ0v) is 10.9. The molecule has 0 saturated heterocycles. The molecule has 84 valence electrons. The maximum absolute atomic E-state index is 6.39. The van der Waals surface area contributed by atoms with E-state index in [9.17, 15) is 0 Å². The topological polar surface area (TPSA) is 12.9 Å². The minimum atomic E-state index is 0.852. The average molecular weight is 234 g/mol. The van der Waals surface area contributed by atoms with E-state index in [1.807, 2.05) is 6.92 Å². The lowest BCUT2D eigenvalue weighted by Gasteiger charge is -2.11. The SMILES string of the molecule is CCc1nc2c(C)c(C)ccc2c(Cl)c1C. The molecule has 0 unspecified atom stereocenters. The summed E-state index contributed by atoms with van der Waals surface area (Å²) in [6, 6.07) is 4.18. The zero-order chi connectivity index (χ0) is 11.9. The van der Waals surface area contributed by atoms with E-state index in [2.05, 4.69) is 32.9 Å². The highest BCUT2D eigenvalue weighted by molar-refractivity contribution is 6.36. The first-order valence-electron chi connectivity index (χ1n) is 5.61. The molecule has 0 aliphatic heterocycles. The second kappa shape index (κ2) is 4.06. The Hall–Kier alpha value is -1.08. The number of nitrogens with zero attached hydrogens (tertiary/aromatic N) is 1. The van der Waals surface area contributed by atoms with Crippen molar-refractivity contribution in [2.45, 2.75) is 34.1 Å². The molecule has 1 nitrogen and oxygen atoms in total. The fraction of sp³-hybridized carbons (Fsp3) is 0.357. The third-order valence-electron chi connectivity index (χ3n) is 3.28. The van der Waals surface area contributed by atoms with Crippen molar-refractivity contribution in [1.29, 1.82) is 0 Å². The molecule has 2 rings (SSSR count). The first-order valence-corrected chi connectivity index (χ1v) is 5.99. The van der Waals surface area contributed by atoms with Crippen LogP contribution in [0, 0.1) is 20.8 Å². The predicted molar refractivity (Wildman–Crippen MR) is 70.3 cm³/mol. The van der Waals surface area contributed by atoms with Gasteiger partial charge in [0, 0.05) is 11.1 Å². The molecule has 0 aliphatic carbocycles. The third-order valence-corrected chi connectivity index (χ3v) is 3.77. The number of halogens is 1. The van der Waals surface area contributed by atoms with Crippen LogP contribution >= 0.6 is 11.6 Å².